The number of carbonyl (C=O) groups is 2. The van der Waals surface area contributed by atoms with Crippen LogP contribution in [0.2, 0.25) is 0 Å². The molecule has 0 radical (unpaired) electrons. The summed E-state index contributed by atoms with van der Waals surface area (Å²) in [5.41, 5.74) is 13.2. The van der Waals surface area contributed by atoms with E-state index >= 15 is 0 Å². The van der Waals surface area contributed by atoms with Crippen LogP contribution >= 0.6 is 0 Å². The second-order valence-corrected chi connectivity index (χ2v) is 42.0. The zero-order chi connectivity index (χ0) is 111. The van der Waals surface area contributed by atoms with Gasteiger partial charge in [0.1, 0.15) is 11.9 Å². The van der Waals surface area contributed by atoms with Crippen LogP contribution in [0.5, 0.6) is 0 Å². The Morgan fingerprint density at radius 3 is 1.31 bits per heavy atom. The second kappa shape index (κ2) is 96.9. The first-order valence-corrected chi connectivity index (χ1v) is 53.8. The number of guanidine groups is 2. The van der Waals surface area contributed by atoms with Gasteiger partial charge in [0.25, 0.3) is 5.82 Å². The van der Waals surface area contributed by atoms with E-state index in [-0.39, 0.29) is 11.8 Å². The number of hydrogen-bond donors (Lipinski definition) is 18. The van der Waals surface area contributed by atoms with Crippen LogP contribution < -0.4 is 105 Å². The van der Waals surface area contributed by atoms with Gasteiger partial charge in [-0.1, -0.05) is 283 Å². The molecule has 0 saturated carbocycles. The Labute approximate surface area is 876 Å². The molecule has 2 aliphatic rings. The molecule has 0 spiro atoms. The molecule has 9 rings (SSSR count). The van der Waals surface area contributed by atoms with Crippen molar-refractivity contribution in [1.29, 1.82) is 5.41 Å². The lowest BCUT2D eigenvalue weighted by molar-refractivity contribution is -0.466. The van der Waals surface area contributed by atoms with E-state index in [1.54, 1.807) is 26.2 Å². The molecule has 2 amide bonds. The number of carbonyl (C=O) groups excluding carboxylic acids is 2. The van der Waals surface area contributed by atoms with Crippen LogP contribution in [-0.2, 0) is 35.6 Å². The average Bonchev–Trinajstić information content (AvgIpc) is 1.76. The van der Waals surface area contributed by atoms with E-state index in [1.165, 1.54) is 25.7 Å². The van der Waals surface area contributed by atoms with E-state index in [1.807, 2.05) is 110 Å². The first kappa shape index (κ1) is 144. The highest BCUT2D eigenvalue weighted by atomic mass is 16.2. The summed E-state index contributed by atoms with van der Waals surface area (Å²) >= 11 is 0. The predicted octanol–water partition coefficient (Wildman–Crippen LogP) is 14.8. The number of aromatic nitrogens is 15. The maximum Gasteiger partial charge on any atom is 0.389 e. The van der Waals surface area contributed by atoms with Gasteiger partial charge in [0, 0.05) is 107 Å². The number of hydrogen-bond acceptors (Lipinski definition) is 20. The van der Waals surface area contributed by atoms with Gasteiger partial charge in [-0.25, -0.2) is 29.9 Å². The van der Waals surface area contributed by atoms with Crippen molar-refractivity contribution in [2.75, 3.05) is 118 Å². The van der Waals surface area contributed by atoms with Crippen LogP contribution in [-0.4, -0.2) is 183 Å². The van der Waals surface area contributed by atoms with E-state index in [9.17, 15) is 9.59 Å². The lowest BCUT2D eigenvalue weighted by atomic mass is 10.2. The van der Waals surface area contributed by atoms with Crippen molar-refractivity contribution in [1.82, 2.24) is 81.9 Å². The lowest BCUT2D eigenvalue weighted by Crippen LogP contribution is -2.82. The molecule has 35 heteroatoms. The number of rotatable bonds is 39. The minimum absolute atomic E-state index is 0.0512. The number of amidine groups is 2. The molecule has 35 nitrogen and oxygen atoms in total. The number of aliphatic imine (C=N–C) groups is 2. The van der Waals surface area contributed by atoms with Gasteiger partial charge in [-0.05, 0) is 135 Å². The summed E-state index contributed by atoms with van der Waals surface area (Å²) in [5, 5.41) is 64.7. The third-order valence-electron chi connectivity index (χ3n) is 18.5. The van der Waals surface area contributed by atoms with Gasteiger partial charge < -0.3 is 38.1 Å². The Kier molecular flexibility index (Phi) is 96.7. The SMILES string of the molecule is CC(=N)CCC(=O)NCC(C)C.CC(C)CNC1=[NH+]CCCN1.CC(C)CNC1=[NH+]CCN1.CC(C)CNc1[nH]cc[nH+]1.CC(C)CNc1ccc[nH+]n1.CC(C)CNc1cccc[nH+]1.CC(C)CNc1nccc[nH+]1.CC(N)=NCC(C)C.CC(N)=NCc1cn(CC(C)C)nn1.CCC(=O)NCC(C)C.CCC(C)C.CCC(C)C.CCC(C)C.CCc1cn(CC(C)C)nn1.Cc1[nH]c(NCC(C)C)c[nH+]1. The van der Waals surface area contributed by atoms with Gasteiger partial charge in [0.15, 0.2) is 18.2 Å². The molecular formula is C109H222N33O2+7. The molecule has 828 valence electrons. The van der Waals surface area contributed by atoms with Crippen molar-refractivity contribution in [2.45, 2.75) is 341 Å². The van der Waals surface area contributed by atoms with E-state index in [4.69, 9.17) is 16.9 Å². The highest BCUT2D eigenvalue weighted by Crippen LogP contribution is 2.07. The predicted molar refractivity (Wildman–Crippen MR) is 610 cm³/mol. The summed E-state index contributed by atoms with van der Waals surface area (Å²) in [7, 11) is 0. The summed E-state index contributed by atoms with van der Waals surface area (Å²) in [5.74, 6) is 19.9. The van der Waals surface area contributed by atoms with Gasteiger partial charge in [-0.2, -0.15) is 0 Å². The molecule has 2 aliphatic heterocycles. The fourth-order valence-corrected chi connectivity index (χ4v) is 9.24. The van der Waals surface area contributed by atoms with Crippen molar-refractivity contribution >= 4 is 70.5 Å². The Bertz CT molecular complexity index is 3950. The minimum atomic E-state index is 0.0512. The van der Waals surface area contributed by atoms with E-state index < -0.39 is 0 Å². The van der Waals surface area contributed by atoms with Gasteiger partial charge in [0.05, 0.1) is 114 Å². The average molecular weight is 2030 g/mol. The Morgan fingerprint density at radius 2 is 0.931 bits per heavy atom. The van der Waals surface area contributed by atoms with Crippen LogP contribution in [0.1, 0.15) is 325 Å². The normalized spacial score (nSPS) is 11.5. The minimum Gasteiger partial charge on any atom is -0.388 e. The Morgan fingerprint density at radius 1 is 0.465 bits per heavy atom. The molecule has 25 N–H and O–H groups in total. The number of anilines is 5. The zero-order valence-corrected chi connectivity index (χ0v) is 98.4. The molecule has 7 aromatic heterocycles. The van der Waals surface area contributed by atoms with Crippen molar-refractivity contribution in [3.8, 4) is 0 Å². The van der Waals surface area contributed by atoms with Gasteiger partial charge in [-0.15, -0.1) is 15.3 Å². The molecule has 0 saturated heterocycles. The van der Waals surface area contributed by atoms with Crippen LogP contribution in [0, 0.1) is 101 Å². The van der Waals surface area contributed by atoms with Crippen LogP contribution in [0.3, 0.4) is 0 Å². The summed E-state index contributed by atoms with van der Waals surface area (Å²) < 4.78 is 3.74. The fraction of sp³-hybridized carbons (Fsp3) is 0.725. The number of imidazole rings is 2. The van der Waals surface area contributed by atoms with Crippen LogP contribution in [0.25, 0.3) is 0 Å². The number of nitrogens with zero attached hydrogens (tertiary/aromatic N) is 10. The maximum absolute atomic E-state index is 11.0. The first-order valence-electron chi connectivity index (χ1n) is 53.8. The highest BCUT2D eigenvalue weighted by Gasteiger charge is 2.14. The number of H-pyrrole nitrogens is 7. The zero-order valence-electron chi connectivity index (χ0n) is 98.4. The number of nitrogens with two attached hydrogens (primary N) is 2. The molecule has 144 heavy (non-hydrogen) atoms. The molecule has 0 unspecified atom stereocenters. The maximum atomic E-state index is 11.0. The number of amides is 2. The molecule has 0 aliphatic carbocycles. The van der Waals surface area contributed by atoms with Crippen molar-refractivity contribution < 1.29 is 44.6 Å². The van der Waals surface area contributed by atoms with Gasteiger partial charge in [-0.3, -0.25) is 76.1 Å². The van der Waals surface area contributed by atoms with Crippen molar-refractivity contribution in [2.24, 2.45) is 110 Å². The fourth-order valence-electron chi connectivity index (χ4n) is 9.24. The van der Waals surface area contributed by atoms with E-state index in [0.29, 0.717) is 114 Å². The Balaban J connectivity index is -0.000000357. The molecule has 0 bridgehead atoms. The standard InChI is InChI=1S/C9H17N5.C9H18N2O.C9H14N2.C8H15N3.C8H17N3.2C8H13N3.C8H15N3.C7H15N3.C7H13N3.C7H15NO.C6H14N2.3C5H12/c1-7(2)5-14-6-9(12-13-14)4-11-8(3)10;1-7(2)6-11-9(12)5-4-8(3)10;1-8(2)7-11-9-5-3-4-6-10-9;1-6(2)4-10-8-5-9-7(3)11-8;2*1-7(2)6-11-8-9-4-3-5-10-8;1-7(2)6-9-8-4-3-5-10-11-8;1-4-8-6-11(10-9-8)5-7(2)3;2*1-6(2)5-10-7-8-3-4-9-7;1-4-7(9)8-5-6(2)3;1-5(2)4-8-6(3)7;3*1-4-5(2)3/h6-7H,4-5H2,1-3H3,(H2,10,11);7,10H,4-6H2,1-3H3,(H,11,12);3-6,8H,7H2,1-2H3,(H,10,11);5-6,10H,4H2,1-3H3,(H,9,11);7H,3-6H2,1-2H3,(H2,9,10,11);3-5,7H,6H2,1-2H3,(H,9,10,11);3-5,7H,6H2,1-2H3,(H,9,11);6-7H,4-5H2,1-3H3;6H,3-5H2,1-2H3,(H2,8,9,10);3-4,6H,5H2,1-2H3,(H2,8,9,10);6H,4-5H2,1-3H3,(H,8,9);5H,4H2,1-3H3,(H2,7,8);3*5H,4H2,1-3H3/p+7. The number of pyridine rings is 1. The third kappa shape index (κ3) is 113. The van der Waals surface area contributed by atoms with Gasteiger partial charge >= 0.3 is 23.8 Å². The summed E-state index contributed by atoms with van der Waals surface area (Å²) in [6, 6.07) is 11.7. The van der Waals surface area contributed by atoms with Crippen LogP contribution in [0.4, 0.5) is 29.4 Å². The summed E-state index contributed by atoms with van der Waals surface area (Å²) in [6.45, 7) is 98.9. The summed E-state index contributed by atoms with van der Waals surface area (Å²) in [6.07, 6.45) is 24.6. The topological polar surface area (TPSA) is 484 Å². The lowest BCUT2D eigenvalue weighted by Gasteiger charge is -2.10. The Hall–Kier alpha value is -10.9. The van der Waals surface area contributed by atoms with Crippen LogP contribution in [0.15, 0.2) is 102 Å². The second-order valence-electron chi connectivity index (χ2n) is 42.0. The smallest absolute Gasteiger partial charge is 0.388 e. The number of nitrogens with one attached hydrogen (secondary N) is 21. The molecular weight excluding hydrogens is 1800 g/mol. The number of aryl methyl sites for hydroxylation is 2. The van der Waals surface area contributed by atoms with E-state index in [0.717, 1.165) is 187 Å². The molecule has 0 atom stereocenters. The molecule has 0 fully saturated rings. The van der Waals surface area contributed by atoms with E-state index in [2.05, 4.69) is 380 Å². The van der Waals surface area contributed by atoms with Crippen molar-refractivity contribution in [3.63, 3.8) is 0 Å². The van der Waals surface area contributed by atoms with Gasteiger partial charge in [0.2, 0.25) is 23.5 Å². The molecule has 7 aromatic rings. The number of aromatic amines is 7. The quantitative estimate of drug-likeness (QED) is 0.0126. The largest absolute Gasteiger partial charge is 0.389 e. The highest BCUT2D eigenvalue weighted by molar-refractivity contribution is 5.85. The van der Waals surface area contributed by atoms with Crippen molar-refractivity contribution in [3.05, 3.63) is 109 Å². The molecule has 9 heterocycles. The first-order chi connectivity index (χ1) is 67.8. The summed E-state index contributed by atoms with van der Waals surface area (Å²) in [4.78, 5) is 58.7. The monoisotopic (exact) mass is 2030 g/mol. The third-order valence-corrected chi connectivity index (χ3v) is 18.5. The molecule has 0 aromatic carbocycles.